The Morgan fingerprint density at radius 2 is 2.05 bits per heavy atom. The summed E-state index contributed by atoms with van der Waals surface area (Å²) in [5.41, 5.74) is 0.583. The lowest BCUT2D eigenvalue weighted by atomic mass is 10.2. The van der Waals surface area contributed by atoms with Gasteiger partial charge in [-0.25, -0.2) is 9.18 Å². The third kappa shape index (κ3) is 3.49. The minimum Gasteiger partial charge on any atom is -0.489 e. The first-order chi connectivity index (χ1) is 9.47. The summed E-state index contributed by atoms with van der Waals surface area (Å²) in [6, 6.07) is 8.56. The van der Waals surface area contributed by atoms with Gasteiger partial charge in [0.15, 0.2) is 0 Å². The number of ether oxygens (including phenoxy) is 1. The second-order valence-corrected chi connectivity index (χ2v) is 5.23. The number of aromatic carboxylic acids is 1. The third-order valence-electron chi connectivity index (χ3n) is 2.57. The second-order valence-electron chi connectivity index (χ2n) is 3.97. The Morgan fingerprint density at radius 3 is 2.75 bits per heavy atom. The highest BCUT2D eigenvalue weighted by Gasteiger charge is 2.10. The van der Waals surface area contributed by atoms with Crippen molar-refractivity contribution in [1.82, 2.24) is 0 Å². The van der Waals surface area contributed by atoms with Gasteiger partial charge in [0.25, 0.3) is 0 Å². The standard InChI is InChI=1S/C14H9BrClFO3/c15-12-3-2-10(6-11(12)14(18)19)20-7-8-5-9(17)1-4-13(8)16/h1-6H,7H2,(H,18,19). The maximum absolute atomic E-state index is 13.1. The Balaban J connectivity index is 2.17. The Morgan fingerprint density at radius 1 is 1.30 bits per heavy atom. The van der Waals surface area contributed by atoms with E-state index in [0.29, 0.717) is 20.8 Å². The summed E-state index contributed by atoms with van der Waals surface area (Å²) in [5, 5.41) is 9.39. The summed E-state index contributed by atoms with van der Waals surface area (Å²) in [4.78, 5) is 11.0. The number of halogens is 3. The molecule has 0 radical (unpaired) electrons. The summed E-state index contributed by atoms with van der Waals surface area (Å²) in [6.07, 6.45) is 0. The quantitative estimate of drug-likeness (QED) is 0.873. The predicted molar refractivity (Wildman–Crippen MR) is 76.8 cm³/mol. The van der Waals surface area contributed by atoms with E-state index in [1.807, 2.05) is 0 Å². The van der Waals surface area contributed by atoms with Gasteiger partial charge in [-0.15, -0.1) is 0 Å². The zero-order valence-electron chi connectivity index (χ0n) is 10.1. The number of benzene rings is 2. The molecule has 3 nitrogen and oxygen atoms in total. The summed E-state index contributed by atoms with van der Waals surface area (Å²) in [5.74, 6) is -1.10. The maximum Gasteiger partial charge on any atom is 0.336 e. The minimum atomic E-state index is -1.06. The average Bonchev–Trinajstić information content (AvgIpc) is 2.41. The second kappa shape index (κ2) is 6.24. The molecule has 0 fully saturated rings. The number of carboxylic acid groups (broad SMARTS) is 1. The van der Waals surface area contributed by atoms with E-state index < -0.39 is 11.8 Å². The first-order valence-corrected chi connectivity index (χ1v) is 6.74. The van der Waals surface area contributed by atoms with Gasteiger partial charge in [-0.3, -0.25) is 0 Å². The third-order valence-corrected chi connectivity index (χ3v) is 3.63. The lowest BCUT2D eigenvalue weighted by Gasteiger charge is -2.09. The molecule has 0 saturated carbocycles. The minimum absolute atomic E-state index is 0.0529. The van der Waals surface area contributed by atoms with E-state index in [4.69, 9.17) is 21.4 Å². The summed E-state index contributed by atoms with van der Waals surface area (Å²) in [7, 11) is 0. The largest absolute Gasteiger partial charge is 0.489 e. The highest BCUT2D eigenvalue weighted by molar-refractivity contribution is 9.10. The Bertz CT molecular complexity index is 661. The molecule has 0 amide bonds. The molecule has 104 valence electrons. The van der Waals surface area contributed by atoms with E-state index in [9.17, 15) is 9.18 Å². The van der Waals surface area contributed by atoms with Gasteiger partial charge in [0.1, 0.15) is 18.2 Å². The van der Waals surface area contributed by atoms with Gasteiger partial charge < -0.3 is 9.84 Å². The van der Waals surface area contributed by atoms with Crippen LogP contribution in [0.2, 0.25) is 5.02 Å². The molecule has 2 aromatic carbocycles. The number of hydrogen-bond donors (Lipinski definition) is 1. The van der Waals surface area contributed by atoms with Gasteiger partial charge in [0.2, 0.25) is 0 Å². The van der Waals surface area contributed by atoms with Crippen molar-refractivity contribution in [1.29, 1.82) is 0 Å². The van der Waals surface area contributed by atoms with Crippen molar-refractivity contribution in [2.75, 3.05) is 0 Å². The van der Waals surface area contributed by atoms with Crippen molar-refractivity contribution in [3.8, 4) is 5.75 Å². The zero-order chi connectivity index (χ0) is 14.7. The lowest BCUT2D eigenvalue weighted by Crippen LogP contribution is -2.01. The molecule has 0 aliphatic rings. The first-order valence-electron chi connectivity index (χ1n) is 5.57. The van der Waals surface area contributed by atoms with Crippen LogP contribution in [0.4, 0.5) is 4.39 Å². The molecular formula is C14H9BrClFO3. The Labute approximate surface area is 128 Å². The van der Waals surface area contributed by atoms with E-state index in [1.165, 1.54) is 24.3 Å². The van der Waals surface area contributed by atoms with Crippen LogP contribution in [0.1, 0.15) is 15.9 Å². The fourth-order valence-corrected chi connectivity index (χ4v) is 2.16. The van der Waals surface area contributed by atoms with Gasteiger partial charge in [-0.05, 0) is 52.3 Å². The molecule has 0 bridgehead atoms. The smallest absolute Gasteiger partial charge is 0.336 e. The first kappa shape index (κ1) is 14.8. The van der Waals surface area contributed by atoms with Crippen molar-refractivity contribution in [3.05, 3.63) is 62.8 Å². The molecule has 2 rings (SSSR count). The van der Waals surface area contributed by atoms with Crippen LogP contribution < -0.4 is 4.74 Å². The Kier molecular flexibility index (Phi) is 4.62. The zero-order valence-corrected chi connectivity index (χ0v) is 12.4. The van der Waals surface area contributed by atoms with Crippen molar-refractivity contribution in [2.24, 2.45) is 0 Å². The average molecular weight is 360 g/mol. The molecule has 0 aliphatic carbocycles. The summed E-state index contributed by atoms with van der Waals surface area (Å²) in [6.45, 7) is 0.0529. The van der Waals surface area contributed by atoms with Crippen LogP contribution in [-0.2, 0) is 6.61 Å². The molecular weight excluding hydrogens is 351 g/mol. The normalized spacial score (nSPS) is 10.3. The highest BCUT2D eigenvalue weighted by atomic mass is 79.9. The topological polar surface area (TPSA) is 46.5 Å². The van der Waals surface area contributed by atoms with Crippen molar-refractivity contribution in [3.63, 3.8) is 0 Å². The summed E-state index contributed by atoms with van der Waals surface area (Å²) >= 11 is 9.06. The van der Waals surface area contributed by atoms with E-state index in [1.54, 1.807) is 12.1 Å². The van der Waals surface area contributed by atoms with Crippen LogP contribution in [0.25, 0.3) is 0 Å². The van der Waals surface area contributed by atoms with Crippen molar-refractivity contribution >= 4 is 33.5 Å². The van der Waals surface area contributed by atoms with E-state index >= 15 is 0 Å². The molecule has 20 heavy (non-hydrogen) atoms. The van der Waals surface area contributed by atoms with Gasteiger partial charge in [-0.1, -0.05) is 11.6 Å². The van der Waals surface area contributed by atoms with E-state index in [2.05, 4.69) is 15.9 Å². The van der Waals surface area contributed by atoms with Gasteiger partial charge in [0.05, 0.1) is 5.56 Å². The molecule has 1 N–H and O–H groups in total. The van der Waals surface area contributed by atoms with Crippen LogP contribution in [0.5, 0.6) is 5.75 Å². The van der Waals surface area contributed by atoms with Crippen LogP contribution >= 0.6 is 27.5 Å². The molecule has 0 spiro atoms. The lowest BCUT2D eigenvalue weighted by molar-refractivity contribution is 0.0695. The molecule has 0 aliphatic heterocycles. The summed E-state index contributed by atoms with van der Waals surface area (Å²) < 4.78 is 19.0. The van der Waals surface area contributed by atoms with Crippen LogP contribution in [-0.4, -0.2) is 11.1 Å². The van der Waals surface area contributed by atoms with Crippen molar-refractivity contribution in [2.45, 2.75) is 6.61 Å². The molecule has 0 heterocycles. The van der Waals surface area contributed by atoms with Crippen LogP contribution in [0, 0.1) is 5.82 Å². The van der Waals surface area contributed by atoms with Gasteiger partial charge in [0, 0.05) is 15.1 Å². The van der Waals surface area contributed by atoms with E-state index in [0.717, 1.165) is 0 Å². The Hall–Kier alpha value is -1.59. The van der Waals surface area contributed by atoms with E-state index in [-0.39, 0.29) is 12.2 Å². The number of rotatable bonds is 4. The fourth-order valence-electron chi connectivity index (χ4n) is 1.57. The number of carboxylic acids is 1. The van der Waals surface area contributed by atoms with Crippen molar-refractivity contribution < 1.29 is 19.0 Å². The SMILES string of the molecule is O=C(O)c1cc(OCc2cc(F)ccc2Cl)ccc1Br. The number of carbonyl (C=O) groups is 1. The molecule has 2 aromatic rings. The van der Waals surface area contributed by atoms with Gasteiger partial charge in [-0.2, -0.15) is 0 Å². The monoisotopic (exact) mass is 358 g/mol. The molecule has 0 saturated heterocycles. The highest BCUT2D eigenvalue weighted by Crippen LogP contribution is 2.24. The molecule has 0 aromatic heterocycles. The van der Waals surface area contributed by atoms with Crippen LogP contribution in [0.15, 0.2) is 40.9 Å². The molecule has 6 heteroatoms. The van der Waals surface area contributed by atoms with Gasteiger partial charge >= 0.3 is 5.97 Å². The molecule has 0 atom stereocenters. The maximum atomic E-state index is 13.1. The van der Waals surface area contributed by atoms with Crippen LogP contribution in [0.3, 0.4) is 0 Å². The fraction of sp³-hybridized carbons (Fsp3) is 0.0714. The number of hydrogen-bond acceptors (Lipinski definition) is 2. The molecule has 0 unspecified atom stereocenters. The predicted octanol–water partition coefficient (Wildman–Crippen LogP) is 4.52.